The summed E-state index contributed by atoms with van der Waals surface area (Å²) in [4.78, 5) is 22.0. The normalized spacial score (nSPS) is 10.0. The van der Waals surface area contributed by atoms with E-state index in [1.165, 1.54) is 13.3 Å². The van der Waals surface area contributed by atoms with Crippen LogP contribution in [0.4, 0.5) is 5.69 Å². The van der Waals surface area contributed by atoms with E-state index in [-0.39, 0.29) is 11.9 Å². The molecule has 0 atom stereocenters. The van der Waals surface area contributed by atoms with Crippen molar-refractivity contribution in [1.29, 1.82) is 0 Å². The van der Waals surface area contributed by atoms with Crippen LogP contribution in [0.25, 0.3) is 0 Å². The van der Waals surface area contributed by atoms with Crippen molar-refractivity contribution in [2.45, 2.75) is 6.92 Å². The van der Waals surface area contributed by atoms with Gasteiger partial charge in [0.25, 0.3) is 5.91 Å². The zero-order chi connectivity index (χ0) is 13.7. The van der Waals surface area contributed by atoms with Gasteiger partial charge in [0.05, 0.1) is 7.11 Å². The second kappa shape index (κ2) is 5.95. The number of carbonyl (C=O) groups excluding carboxylic acids is 1. The Bertz CT molecular complexity index is 558. The van der Waals surface area contributed by atoms with Gasteiger partial charge in [-0.25, -0.2) is 4.98 Å². The van der Waals surface area contributed by atoms with Gasteiger partial charge in [0.2, 0.25) is 0 Å². The molecule has 0 bridgehead atoms. The van der Waals surface area contributed by atoms with Crippen LogP contribution in [-0.4, -0.2) is 29.5 Å². The molecule has 0 aliphatic carbocycles. The zero-order valence-corrected chi connectivity index (χ0v) is 10.9. The van der Waals surface area contributed by atoms with E-state index in [2.05, 4.69) is 9.97 Å². The lowest BCUT2D eigenvalue weighted by atomic mass is 10.2. The first-order valence-electron chi connectivity index (χ1n) is 6.00. The Balaban J connectivity index is 2.30. The smallest absolute Gasteiger partial charge is 0.316 e. The van der Waals surface area contributed by atoms with Crippen molar-refractivity contribution >= 4 is 11.6 Å². The molecule has 2 aromatic rings. The van der Waals surface area contributed by atoms with Gasteiger partial charge in [0.1, 0.15) is 5.69 Å². The Morgan fingerprint density at radius 2 is 2.00 bits per heavy atom. The third-order valence-electron chi connectivity index (χ3n) is 2.66. The van der Waals surface area contributed by atoms with E-state index in [1.54, 1.807) is 11.0 Å². The van der Waals surface area contributed by atoms with Gasteiger partial charge in [0, 0.05) is 18.4 Å². The van der Waals surface area contributed by atoms with E-state index < -0.39 is 0 Å². The third kappa shape index (κ3) is 2.88. The van der Waals surface area contributed by atoms with Crippen molar-refractivity contribution in [2.24, 2.45) is 0 Å². The number of para-hydroxylation sites is 1. The summed E-state index contributed by atoms with van der Waals surface area (Å²) in [5.74, 6) is -0.172. The number of anilines is 1. The maximum absolute atomic E-state index is 12.4. The highest BCUT2D eigenvalue weighted by Crippen LogP contribution is 2.16. The van der Waals surface area contributed by atoms with Crippen molar-refractivity contribution in [3.8, 4) is 6.01 Å². The van der Waals surface area contributed by atoms with E-state index in [0.717, 1.165) is 5.69 Å². The predicted molar refractivity (Wildman–Crippen MR) is 72.4 cm³/mol. The number of hydrogen-bond donors (Lipinski definition) is 0. The van der Waals surface area contributed by atoms with Crippen LogP contribution in [0, 0.1) is 0 Å². The van der Waals surface area contributed by atoms with Gasteiger partial charge in [-0.15, -0.1) is 0 Å². The number of ether oxygens (including phenoxy) is 1. The van der Waals surface area contributed by atoms with Gasteiger partial charge < -0.3 is 9.64 Å². The molecule has 1 aromatic carbocycles. The average Bonchev–Trinajstić information content (AvgIpc) is 2.49. The molecule has 1 aromatic heterocycles. The molecule has 0 saturated heterocycles. The summed E-state index contributed by atoms with van der Waals surface area (Å²) < 4.78 is 4.93. The van der Waals surface area contributed by atoms with Gasteiger partial charge >= 0.3 is 6.01 Å². The molecule has 1 amide bonds. The van der Waals surface area contributed by atoms with E-state index in [0.29, 0.717) is 12.2 Å². The van der Waals surface area contributed by atoms with Crippen LogP contribution in [0.1, 0.15) is 17.4 Å². The lowest BCUT2D eigenvalue weighted by Gasteiger charge is -2.20. The van der Waals surface area contributed by atoms with Gasteiger partial charge in [-0.3, -0.25) is 4.79 Å². The minimum atomic E-state index is -0.172. The molecule has 0 radical (unpaired) electrons. The van der Waals surface area contributed by atoms with E-state index in [4.69, 9.17) is 4.74 Å². The number of methoxy groups -OCH3 is 1. The molecule has 5 heteroatoms. The van der Waals surface area contributed by atoms with Crippen LogP contribution >= 0.6 is 0 Å². The third-order valence-corrected chi connectivity index (χ3v) is 2.66. The molecule has 0 N–H and O–H groups in total. The number of amides is 1. The number of nitrogens with zero attached hydrogens (tertiary/aromatic N) is 3. The molecule has 98 valence electrons. The van der Waals surface area contributed by atoms with Crippen LogP contribution in [-0.2, 0) is 0 Å². The first-order chi connectivity index (χ1) is 9.26. The fraction of sp³-hybridized carbons (Fsp3) is 0.214. The second-order valence-corrected chi connectivity index (χ2v) is 3.81. The topological polar surface area (TPSA) is 55.3 Å². The Kier molecular flexibility index (Phi) is 4.07. The van der Waals surface area contributed by atoms with Crippen LogP contribution in [0.15, 0.2) is 42.6 Å². The van der Waals surface area contributed by atoms with Crippen LogP contribution in [0.3, 0.4) is 0 Å². The van der Waals surface area contributed by atoms with E-state index >= 15 is 0 Å². The predicted octanol–water partition coefficient (Wildman–Crippen LogP) is 2.15. The quantitative estimate of drug-likeness (QED) is 0.842. The average molecular weight is 257 g/mol. The molecular formula is C14H15N3O2. The monoisotopic (exact) mass is 257 g/mol. The largest absolute Gasteiger partial charge is 0.467 e. The minimum absolute atomic E-state index is 0.172. The summed E-state index contributed by atoms with van der Waals surface area (Å²) in [7, 11) is 1.47. The minimum Gasteiger partial charge on any atom is -0.467 e. The van der Waals surface area contributed by atoms with Crippen LogP contribution < -0.4 is 9.64 Å². The lowest BCUT2D eigenvalue weighted by molar-refractivity contribution is 0.0982. The van der Waals surface area contributed by atoms with Crippen molar-refractivity contribution in [1.82, 2.24) is 9.97 Å². The number of aromatic nitrogens is 2. The zero-order valence-electron chi connectivity index (χ0n) is 10.9. The summed E-state index contributed by atoms with van der Waals surface area (Å²) >= 11 is 0. The number of rotatable bonds is 4. The highest BCUT2D eigenvalue weighted by molar-refractivity contribution is 6.04. The first-order valence-corrected chi connectivity index (χ1v) is 6.00. The van der Waals surface area contributed by atoms with Crippen molar-refractivity contribution in [3.05, 3.63) is 48.3 Å². The maximum atomic E-state index is 12.4. The summed E-state index contributed by atoms with van der Waals surface area (Å²) in [6, 6.07) is 11.2. The van der Waals surface area contributed by atoms with Gasteiger partial charge in [-0.2, -0.15) is 4.98 Å². The first kappa shape index (κ1) is 13.0. The molecule has 0 aliphatic rings. The van der Waals surface area contributed by atoms with Crippen molar-refractivity contribution in [2.75, 3.05) is 18.6 Å². The van der Waals surface area contributed by atoms with Crippen molar-refractivity contribution in [3.63, 3.8) is 0 Å². The summed E-state index contributed by atoms with van der Waals surface area (Å²) in [6.07, 6.45) is 1.51. The Morgan fingerprint density at radius 3 is 2.63 bits per heavy atom. The van der Waals surface area contributed by atoms with Gasteiger partial charge in [0.15, 0.2) is 0 Å². The molecule has 0 saturated carbocycles. The van der Waals surface area contributed by atoms with Gasteiger partial charge in [-0.1, -0.05) is 18.2 Å². The molecule has 0 unspecified atom stereocenters. The molecule has 5 nitrogen and oxygen atoms in total. The van der Waals surface area contributed by atoms with Crippen molar-refractivity contribution < 1.29 is 9.53 Å². The Labute approximate surface area is 111 Å². The second-order valence-electron chi connectivity index (χ2n) is 3.81. The molecule has 0 fully saturated rings. The fourth-order valence-electron chi connectivity index (χ4n) is 1.75. The van der Waals surface area contributed by atoms with Crippen LogP contribution in [0.2, 0.25) is 0 Å². The highest BCUT2D eigenvalue weighted by Gasteiger charge is 2.17. The van der Waals surface area contributed by atoms with E-state index in [1.807, 2.05) is 37.3 Å². The summed E-state index contributed by atoms with van der Waals surface area (Å²) in [5, 5.41) is 0. The molecule has 2 rings (SSSR count). The molecular weight excluding hydrogens is 242 g/mol. The Morgan fingerprint density at radius 1 is 1.26 bits per heavy atom. The molecule has 0 spiro atoms. The molecule has 19 heavy (non-hydrogen) atoms. The molecule has 0 aliphatic heterocycles. The lowest BCUT2D eigenvalue weighted by Crippen LogP contribution is -2.31. The Hall–Kier alpha value is -2.43. The number of carbonyl (C=O) groups is 1. The number of benzene rings is 1. The summed E-state index contributed by atoms with van der Waals surface area (Å²) in [5.41, 5.74) is 1.16. The highest BCUT2D eigenvalue weighted by atomic mass is 16.5. The standard InChI is InChI=1S/C14H15N3O2/c1-3-17(11-7-5-4-6-8-11)13(18)12-9-10-15-14(16-12)19-2/h4-10H,3H2,1-2H3. The SMILES string of the molecule is CCN(C(=O)c1ccnc(OC)n1)c1ccccc1. The van der Waals surface area contributed by atoms with E-state index in [9.17, 15) is 4.79 Å². The molecule has 1 heterocycles. The number of hydrogen-bond acceptors (Lipinski definition) is 4. The van der Waals surface area contributed by atoms with Gasteiger partial charge in [-0.05, 0) is 25.1 Å². The van der Waals surface area contributed by atoms with Crippen LogP contribution in [0.5, 0.6) is 6.01 Å². The summed E-state index contributed by atoms with van der Waals surface area (Å²) in [6.45, 7) is 2.48. The maximum Gasteiger partial charge on any atom is 0.316 e. The fourth-order valence-corrected chi connectivity index (χ4v) is 1.75.